The van der Waals surface area contributed by atoms with Crippen LogP contribution in [0, 0.1) is 13.8 Å². The number of hydrogen-bond acceptors (Lipinski definition) is 4. The Morgan fingerprint density at radius 2 is 1.59 bits per heavy atom. The lowest BCUT2D eigenvalue weighted by Crippen LogP contribution is -2.54. The molecule has 0 unspecified atom stereocenters. The predicted octanol–water partition coefficient (Wildman–Crippen LogP) is 5.93. The van der Waals surface area contributed by atoms with E-state index in [-0.39, 0.29) is 24.9 Å². The molecule has 0 radical (unpaired) electrons. The normalized spacial score (nSPS) is 12.9. The Hall–Kier alpha value is -3.07. The Balaban J connectivity index is 2.13. The van der Waals surface area contributed by atoms with Crippen molar-refractivity contribution in [1.82, 2.24) is 10.2 Å². The zero-order valence-corrected chi connectivity index (χ0v) is 26.4. The largest absolute Gasteiger partial charge is 0.352 e. The quantitative estimate of drug-likeness (QED) is 0.273. The van der Waals surface area contributed by atoms with E-state index in [0.29, 0.717) is 33.3 Å². The van der Waals surface area contributed by atoms with Gasteiger partial charge in [-0.1, -0.05) is 78.7 Å². The third-order valence-electron chi connectivity index (χ3n) is 6.97. The standard InChI is InChI=1S/C31H37Cl2N3O4S/c1-6-23(4)34-31(38)29(18-24-11-8-7-9-12-24)35(19-25-26(32)13-10-14-27(25)33)30(37)20-36(41(5,39)40)28-17-21(2)15-16-22(28)3/h7-17,23,29H,6,18-20H2,1-5H3,(H,34,38)/t23-,29+/m1/s1. The van der Waals surface area contributed by atoms with E-state index in [1.807, 2.05) is 63.2 Å². The third-order valence-corrected chi connectivity index (χ3v) is 8.81. The van der Waals surface area contributed by atoms with Crippen LogP contribution in [0.2, 0.25) is 10.0 Å². The van der Waals surface area contributed by atoms with Crippen molar-refractivity contribution < 1.29 is 18.0 Å². The van der Waals surface area contributed by atoms with Crippen LogP contribution < -0.4 is 9.62 Å². The zero-order valence-electron chi connectivity index (χ0n) is 24.0. The molecular weight excluding hydrogens is 581 g/mol. The fraction of sp³-hybridized carbons (Fsp3) is 0.355. The summed E-state index contributed by atoms with van der Waals surface area (Å²) in [7, 11) is -3.87. The summed E-state index contributed by atoms with van der Waals surface area (Å²) in [5.41, 5.74) is 3.26. The fourth-order valence-corrected chi connectivity index (χ4v) is 5.85. The SMILES string of the molecule is CC[C@@H](C)NC(=O)[C@H](Cc1ccccc1)N(Cc1c(Cl)cccc1Cl)C(=O)CN(c1cc(C)ccc1C)S(C)(=O)=O. The van der Waals surface area contributed by atoms with Gasteiger partial charge in [0.25, 0.3) is 0 Å². The minimum atomic E-state index is -3.87. The molecule has 0 aromatic heterocycles. The second-order valence-corrected chi connectivity index (χ2v) is 13.0. The number of aryl methyl sites for hydroxylation is 2. The molecule has 3 aromatic carbocycles. The molecule has 0 heterocycles. The molecule has 7 nitrogen and oxygen atoms in total. The number of amides is 2. The summed E-state index contributed by atoms with van der Waals surface area (Å²) in [6.07, 6.45) is 1.97. The number of carbonyl (C=O) groups excluding carboxylic acids is 2. The molecule has 0 aliphatic heterocycles. The van der Waals surface area contributed by atoms with E-state index in [0.717, 1.165) is 21.7 Å². The van der Waals surface area contributed by atoms with E-state index < -0.39 is 28.5 Å². The molecule has 3 aromatic rings. The Labute approximate surface area is 253 Å². The van der Waals surface area contributed by atoms with Crippen molar-refractivity contribution in [2.75, 3.05) is 17.1 Å². The van der Waals surface area contributed by atoms with Crippen LogP contribution in [0.3, 0.4) is 0 Å². The van der Waals surface area contributed by atoms with Crippen LogP contribution >= 0.6 is 23.2 Å². The first-order valence-corrected chi connectivity index (χ1v) is 16.0. The van der Waals surface area contributed by atoms with Gasteiger partial charge in [0.2, 0.25) is 21.8 Å². The number of hydrogen-bond donors (Lipinski definition) is 1. The third kappa shape index (κ3) is 8.71. The van der Waals surface area contributed by atoms with Gasteiger partial charge in [-0.3, -0.25) is 13.9 Å². The number of nitrogens with one attached hydrogen (secondary N) is 1. The van der Waals surface area contributed by atoms with E-state index in [1.165, 1.54) is 4.90 Å². The zero-order chi connectivity index (χ0) is 30.3. The topological polar surface area (TPSA) is 86.8 Å². The molecule has 10 heteroatoms. The first kappa shape index (κ1) is 32.4. The minimum absolute atomic E-state index is 0.0901. The summed E-state index contributed by atoms with van der Waals surface area (Å²) in [4.78, 5) is 29.4. The number of benzene rings is 3. The number of sulfonamides is 1. The smallest absolute Gasteiger partial charge is 0.244 e. The van der Waals surface area contributed by atoms with Gasteiger partial charge in [-0.15, -0.1) is 0 Å². The molecular formula is C31H37Cl2N3O4S. The van der Waals surface area contributed by atoms with Crippen molar-refractivity contribution in [3.8, 4) is 0 Å². The molecule has 0 saturated carbocycles. The Morgan fingerprint density at radius 1 is 0.951 bits per heavy atom. The van der Waals surface area contributed by atoms with Crippen LogP contribution in [-0.2, 0) is 32.6 Å². The molecule has 0 fully saturated rings. The van der Waals surface area contributed by atoms with Gasteiger partial charge in [-0.25, -0.2) is 8.42 Å². The van der Waals surface area contributed by atoms with Crippen molar-refractivity contribution in [2.45, 2.75) is 59.2 Å². The van der Waals surface area contributed by atoms with Gasteiger partial charge in [0.05, 0.1) is 11.9 Å². The maximum Gasteiger partial charge on any atom is 0.244 e. The van der Waals surface area contributed by atoms with E-state index in [4.69, 9.17) is 23.2 Å². The molecule has 220 valence electrons. The van der Waals surface area contributed by atoms with E-state index in [2.05, 4.69) is 5.32 Å². The van der Waals surface area contributed by atoms with Gasteiger partial charge < -0.3 is 10.2 Å². The van der Waals surface area contributed by atoms with Crippen LogP contribution in [0.25, 0.3) is 0 Å². The molecule has 2 atom stereocenters. The first-order chi connectivity index (χ1) is 19.3. The Bertz CT molecular complexity index is 1460. The highest BCUT2D eigenvalue weighted by Gasteiger charge is 2.34. The average molecular weight is 619 g/mol. The van der Waals surface area contributed by atoms with Crippen LogP contribution in [0.5, 0.6) is 0 Å². The summed E-state index contributed by atoms with van der Waals surface area (Å²) in [6.45, 7) is 6.89. The maximum atomic E-state index is 14.2. The molecule has 41 heavy (non-hydrogen) atoms. The summed E-state index contributed by atoms with van der Waals surface area (Å²) in [5.74, 6) is -0.912. The summed E-state index contributed by atoms with van der Waals surface area (Å²) in [5, 5.41) is 3.68. The van der Waals surface area contributed by atoms with Gasteiger partial charge in [-0.05, 0) is 62.1 Å². The minimum Gasteiger partial charge on any atom is -0.352 e. The number of carbonyl (C=O) groups is 2. The van der Waals surface area contributed by atoms with Gasteiger partial charge in [-0.2, -0.15) is 0 Å². The molecule has 3 rings (SSSR count). The maximum absolute atomic E-state index is 14.2. The van der Waals surface area contributed by atoms with Gasteiger partial charge in [0.15, 0.2) is 0 Å². The number of nitrogens with zero attached hydrogens (tertiary/aromatic N) is 2. The van der Waals surface area contributed by atoms with Crippen molar-refractivity contribution in [3.63, 3.8) is 0 Å². The highest BCUT2D eigenvalue weighted by atomic mass is 35.5. The molecule has 2 amide bonds. The van der Waals surface area contributed by atoms with Crippen molar-refractivity contribution in [1.29, 1.82) is 0 Å². The van der Waals surface area contributed by atoms with E-state index >= 15 is 0 Å². The summed E-state index contributed by atoms with van der Waals surface area (Å²) >= 11 is 13.0. The second-order valence-electron chi connectivity index (χ2n) is 10.3. The Kier molecular flexibility index (Phi) is 11.2. The monoisotopic (exact) mass is 617 g/mol. The lowest BCUT2D eigenvalue weighted by atomic mass is 10.0. The number of halogens is 2. The van der Waals surface area contributed by atoms with Crippen molar-refractivity contribution in [3.05, 3.63) is 99.0 Å². The van der Waals surface area contributed by atoms with E-state index in [1.54, 1.807) is 31.2 Å². The summed E-state index contributed by atoms with van der Waals surface area (Å²) < 4.78 is 27.2. The van der Waals surface area contributed by atoms with Crippen LogP contribution in [-0.4, -0.2) is 50.0 Å². The van der Waals surface area contributed by atoms with Crippen LogP contribution in [0.15, 0.2) is 66.7 Å². The molecule has 0 aliphatic rings. The van der Waals surface area contributed by atoms with E-state index in [9.17, 15) is 18.0 Å². The molecule has 0 bridgehead atoms. The highest BCUT2D eigenvalue weighted by Crippen LogP contribution is 2.29. The molecule has 1 N–H and O–H groups in total. The lowest BCUT2D eigenvalue weighted by molar-refractivity contribution is -0.140. The van der Waals surface area contributed by atoms with Crippen LogP contribution in [0.1, 0.15) is 42.5 Å². The fourth-order valence-electron chi connectivity index (χ4n) is 4.43. The lowest BCUT2D eigenvalue weighted by Gasteiger charge is -2.34. The molecule has 0 saturated heterocycles. The molecule has 0 spiro atoms. The second kappa shape index (κ2) is 14.2. The molecule has 0 aliphatic carbocycles. The van der Waals surface area contributed by atoms with Gasteiger partial charge in [0.1, 0.15) is 12.6 Å². The Morgan fingerprint density at radius 3 is 2.17 bits per heavy atom. The van der Waals surface area contributed by atoms with Gasteiger partial charge in [0, 0.05) is 34.6 Å². The number of rotatable bonds is 12. The first-order valence-electron chi connectivity index (χ1n) is 13.4. The predicted molar refractivity (Wildman–Crippen MR) is 167 cm³/mol. The number of anilines is 1. The van der Waals surface area contributed by atoms with Crippen LogP contribution in [0.4, 0.5) is 5.69 Å². The van der Waals surface area contributed by atoms with Crippen molar-refractivity contribution in [2.24, 2.45) is 0 Å². The average Bonchev–Trinajstić information content (AvgIpc) is 2.91. The summed E-state index contributed by atoms with van der Waals surface area (Å²) in [6, 6.07) is 18.7. The highest BCUT2D eigenvalue weighted by molar-refractivity contribution is 7.92. The van der Waals surface area contributed by atoms with Gasteiger partial charge >= 0.3 is 0 Å². The van der Waals surface area contributed by atoms with Crippen molar-refractivity contribution >= 4 is 50.7 Å².